The van der Waals surface area contributed by atoms with Crippen molar-refractivity contribution in [2.45, 2.75) is 26.1 Å². The van der Waals surface area contributed by atoms with Crippen LogP contribution in [0.5, 0.6) is 0 Å². The van der Waals surface area contributed by atoms with Gasteiger partial charge >= 0.3 is 0 Å². The number of hydrogen-bond acceptors (Lipinski definition) is 3. The Morgan fingerprint density at radius 3 is 2.57 bits per heavy atom. The number of carbonyl (C=O) groups excluding carboxylic acids is 2. The van der Waals surface area contributed by atoms with Gasteiger partial charge in [-0.05, 0) is 19.9 Å². The van der Waals surface area contributed by atoms with E-state index in [0.717, 1.165) is 10.9 Å². The third kappa shape index (κ3) is 2.56. The summed E-state index contributed by atoms with van der Waals surface area (Å²) in [7, 11) is 0. The normalized spacial score (nSPS) is 22.5. The van der Waals surface area contributed by atoms with Gasteiger partial charge in [-0.3, -0.25) is 9.59 Å². The van der Waals surface area contributed by atoms with Crippen molar-refractivity contribution in [3.8, 4) is 0 Å². The lowest BCUT2D eigenvalue weighted by Gasteiger charge is -2.34. The molecule has 0 bridgehead atoms. The van der Waals surface area contributed by atoms with Crippen LogP contribution in [0.2, 0.25) is 0 Å². The SMILES string of the molecule is C[C@@H]1CN(C(=O)C(=O)c2c[nH]c3ccccc23)C[C@H](C)O1. The number of amides is 1. The molecule has 0 aliphatic carbocycles. The number of ether oxygens (including phenoxy) is 1. The molecule has 1 aromatic heterocycles. The fourth-order valence-corrected chi connectivity index (χ4v) is 2.86. The molecular formula is C16H18N2O3. The second-order valence-electron chi connectivity index (χ2n) is 5.54. The number of fused-ring (bicyclic) bond motifs is 1. The average Bonchev–Trinajstić information content (AvgIpc) is 2.88. The number of morpholine rings is 1. The Morgan fingerprint density at radius 1 is 1.19 bits per heavy atom. The van der Waals surface area contributed by atoms with Crippen LogP contribution in [0, 0.1) is 0 Å². The first-order chi connectivity index (χ1) is 10.1. The Kier molecular flexibility index (Phi) is 3.51. The summed E-state index contributed by atoms with van der Waals surface area (Å²) in [5.41, 5.74) is 1.29. The van der Waals surface area contributed by atoms with E-state index in [1.165, 1.54) is 0 Å². The highest BCUT2D eigenvalue weighted by Gasteiger charge is 2.31. The number of Topliss-reactive ketones (excluding diaryl/α,β-unsaturated/α-hetero) is 1. The van der Waals surface area contributed by atoms with Crippen molar-refractivity contribution in [3.63, 3.8) is 0 Å². The Bertz CT molecular complexity index is 682. The van der Waals surface area contributed by atoms with Crippen LogP contribution in [0.3, 0.4) is 0 Å². The number of nitrogens with zero attached hydrogens (tertiary/aromatic N) is 1. The van der Waals surface area contributed by atoms with Crippen molar-refractivity contribution < 1.29 is 14.3 Å². The predicted molar refractivity (Wildman–Crippen MR) is 79.2 cm³/mol. The molecule has 1 aliphatic rings. The summed E-state index contributed by atoms with van der Waals surface area (Å²) in [4.78, 5) is 29.5. The third-order valence-corrected chi connectivity index (χ3v) is 3.73. The Labute approximate surface area is 122 Å². The number of carbonyl (C=O) groups is 2. The fourth-order valence-electron chi connectivity index (χ4n) is 2.86. The van der Waals surface area contributed by atoms with Crippen LogP contribution < -0.4 is 0 Å². The van der Waals surface area contributed by atoms with Crippen LogP contribution in [0.1, 0.15) is 24.2 Å². The molecule has 5 heteroatoms. The summed E-state index contributed by atoms with van der Waals surface area (Å²) < 4.78 is 5.60. The van der Waals surface area contributed by atoms with E-state index in [4.69, 9.17) is 4.74 Å². The molecule has 0 unspecified atom stereocenters. The van der Waals surface area contributed by atoms with Crippen LogP contribution in [0.15, 0.2) is 30.5 Å². The van der Waals surface area contributed by atoms with E-state index < -0.39 is 11.7 Å². The summed E-state index contributed by atoms with van der Waals surface area (Å²) in [6.45, 7) is 4.73. The monoisotopic (exact) mass is 286 g/mol. The van der Waals surface area contributed by atoms with Crippen LogP contribution in [0.4, 0.5) is 0 Å². The lowest BCUT2D eigenvalue weighted by Crippen LogP contribution is -2.50. The van der Waals surface area contributed by atoms with Crippen molar-refractivity contribution >= 4 is 22.6 Å². The van der Waals surface area contributed by atoms with Crippen molar-refractivity contribution in [3.05, 3.63) is 36.0 Å². The molecular weight excluding hydrogens is 268 g/mol. The molecule has 21 heavy (non-hydrogen) atoms. The van der Waals surface area contributed by atoms with E-state index in [0.29, 0.717) is 18.7 Å². The van der Waals surface area contributed by atoms with Crippen molar-refractivity contribution in [1.29, 1.82) is 0 Å². The molecule has 2 atom stereocenters. The first kappa shape index (κ1) is 13.8. The van der Waals surface area contributed by atoms with Crippen LogP contribution in [-0.4, -0.2) is 46.9 Å². The largest absolute Gasteiger partial charge is 0.372 e. The molecule has 5 nitrogen and oxygen atoms in total. The Balaban J connectivity index is 1.86. The Morgan fingerprint density at radius 2 is 1.86 bits per heavy atom. The maximum absolute atomic E-state index is 12.5. The summed E-state index contributed by atoms with van der Waals surface area (Å²) in [6, 6.07) is 7.48. The van der Waals surface area contributed by atoms with Gasteiger partial charge in [-0.15, -0.1) is 0 Å². The lowest BCUT2D eigenvalue weighted by molar-refractivity contribution is -0.138. The average molecular weight is 286 g/mol. The third-order valence-electron chi connectivity index (χ3n) is 3.73. The smallest absolute Gasteiger partial charge is 0.295 e. The molecule has 2 heterocycles. The van der Waals surface area contributed by atoms with Crippen LogP contribution >= 0.6 is 0 Å². The number of aromatic amines is 1. The van der Waals surface area contributed by atoms with Gasteiger partial charge in [0.05, 0.1) is 17.8 Å². The van der Waals surface area contributed by atoms with E-state index >= 15 is 0 Å². The first-order valence-electron chi connectivity index (χ1n) is 7.11. The quantitative estimate of drug-likeness (QED) is 0.678. The Hall–Kier alpha value is -2.14. The number of aromatic nitrogens is 1. The highest BCUT2D eigenvalue weighted by molar-refractivity contribution is 6.44. The molecule has 0 spiro atoms. The molecule has 1 amide bonds. The van der Waals surface area contributed by atoms with Crippen molar-refractivity contribution in [2.24, 2.45) is 0 Å². The van der Waals surface area contributed by atoms with Gasteiger partial charge in [-0.2, -0.15) is 0 Å². The predicted octanol–water partition coefficient (Wildman–Crippen LogP) is 1.99. The van der Waals surface area contributed by atoms with Gasteiger partial charge in [-0.25, -0.2) is 0 Å². The van der Waals surface area contributed by atoms with Gasteiger partial charge in [-0.1, -0.05) is 18.2 Å². The van der Waals surface area contributed by atoms with Crippen LogP contribution in [-0.2, 0) is 9.53 Å². The number of para-hydroxylation sites is 1. The van der Waals surface area contributed by atoms with Crippen molar-refractivity contribution in [1.82, 2.24) is 9.88 Å². The van der Waals surface area contributed by atoms with Crippen molar-refractivity contribution in [2.75, 3.05) is 13.1 Å². The highest BCUT2D eigenvalue weighted by atomic mass is 16.5. The summed E-state index contributed by atoms with van der Waals surface area (Å²) in [5, 5.41) is 0.783. The summed E-state index contributed by atoms with van der Waals surface area (Å²) >= 11 is 0. The molecule has 1 saturated heterocycles. The molecule has 0 radical (unpaired) electrons. The summed E-state index contributed by atoms with van der Waals surface area (Å²) in [6.07, 6.45) is 1.51. The first-order valence-corrected chi connectivity index (χ1v) is 7.11. The highest BCUT2D eigenvalue weighted by Crippen LogP contribution is 2.20. The molecule has 1 N–H and O–H groups in total. The molecule has 3 rings (SSSR count). The van der Waals surface area contributed by atoms with Gasteiger partial charge < -0.3 is 14.6 Å². The van der Waals surface area contributed by atoms with Gasteiger partial charge in [0.25, 0.3) is 11.7 Å². The van der Waals surface area contributed by atoms with Gasteiger partial charge in [0, 0.05) is 30.2 Å². The number of H-pyrrole nitrogens is 1. The van der Waals surface area contributed by atoms with Gasteiger partial charge in [0.15, 0.2) is 0 Å². The zero-order valence-corrected chi connectivity index (χ0v) is 12.1. The molecule has 2 aromatic rings. The maximum atomic E-state index is 12.5. The zero-order chi connectivity index (χ0) is 15.0. The lowest BCUT2D eigenvalue weighted by atomic mass is 10.1. The molecule has 1 aromatic carbocycles. The number of ketones is 1. The maximum Gasteiger partial charge on any atom is 0.295 e. The molecule has 110 valence electrons. The number of benzene rings is 1. The second kappa shape index (κ2) is 5.33. The van der Waals surface area contributed by atoms with Gasteiger partial charge in [0.2, 0.25) is 0 Å². The standard InChI is InChI=1S/C16H18N2O3/c1-10-8-18(9-11(2)21-10)16(20)15(19)13-7-17-14-6-4-3-5-12(13)14/h3-7,10-11,17H,8-9H2,1-2H3/t10-,11+. The van der Waals surface area contributed by atoms with E-state index in [1.54, 1.807) is 11.1 Å². The fraction of sp³-hybridized carbons (Fsp3) is 0.375. The second-order valence-corrected chi connectivity index (χ2v) is 5.54. The van der Waals surface area contributed by atoms with E-state index in [9.17, 15) is 9.59 Å². The molecule has 0 saturated carbocycles. The molecule has 1 aliphatic heterocycles. The minimum atomic E-state index is -0.464. The van der Waals surface area contributed by atoms with Gasteiger partial charge in [0.1, 0.15) is 0 Å². The van der Waals surface area contributed by atoms with E-state index in [2.05, 4.69) is 4.98 Å². The van der Waals surface area contributed by atoms with E-state index in [1.807, 2.05) is 38.1 Å². The van der Waals surface area contributed by atoms with E-state index in [-0.39, 0.29) is 12.2 Å². The van der Waals surface area contributed by atoms with Crippen LogP contribution in [0.25, 0.3) is 10.9 Å². The summed E-state index contributed by atoms with van der Waals surface area (Å²) in [5.74, 6) is -0.921. The minimum absolute atomic E-state index is 0.0477. The topological polar surface area (TPSA) is 62.4 Å². The molecule has 1 fully saturated rings. The minimum Gasteiger partial charge on any atom is -0.372 e. The zero-order valence-electron chi connectivity index (χ0n) is 12.1. The number of rotatable bonds is 2. The number of nitrogens with one attached hydrogen (secondary N) is 1. The number of hydrogen-bond donors (Lipinski definition) is 1.